The lowest BCUT2D eigenvalue weighted by Gasteiger charge is -2.16. The largest absolute Gasteiger partial charge is 0.390 e. The van der Waals surface area contributed by atoms with Gasteiger partial charge in [-0.1, -0.05) is 29.4 Å². The van der Waals surface area contributed by atoms with Gasteiger partial charge in [-0.25, -0.2) is 0 Å². The number of carbonyl (C=O) groups excluding carboxylic acids is 1. The van der Waals surface area contributed by atoms with Crippen molar-refractivity contribution in [2.24, 2.45) is 5.11 Å². The van der Waals surface area contributed by atoms with E-state index in [-0.39, 0.29) is 18.2 Å². The van der Waals surface area contributed by atoms with Crippen molar-refractivity contribution in [2.45, 2.75) is 12.2 Å². The van der Waals surface area contributed by atoms with E-state index in [1.807, 2.05) is 0 Å². The van der Waals surface area contributed by atoms with E-state index in [4.69, 9.17) is 17.1 Å². The van der Waals surface area contributed by atoms with Gasteiger partial charge in [0.2, 0.25) is 0 Å². The minimum absolute atomic E-state index is 0.110. The highest BCUT2D eigenvalue weighted by Gasteiger charge is 2.17. The first-order valence-corrected chi connectivity index (χ1v) is 5.69. The van der Waals surface area contributed by atoms with E-state index >= 15 is 0 Å². The third-order valence-electron chi connectivity index (χ3n) is 2.39. The Kier molecular flexibility index (Phi) is 5.61. The van der Waals surface area contributed by atoms with Gasteiger partial charge in [0, 0.05) is 10.5 Å². The predicted molar refractivity (Wildman–Crippen MR) is 66.5 cm³/mol. The smallest absolute Gasteiger partial charge is 0.177 e. The van der Waals surface area contributed by atoms with E-state index in [0.717, 1.165) is 0 Å². The molecule has 0 aliphatic rings. The second-order valence-electron chi connectivity index (χ2n) is 3.60. The Morgan fingerprint density at radius 1 is 1.39 bits per heavy atom. The molecule has 96 valence electrons. The molecule has 2 N–H and O–H groups in total. The molecule has 1 rings (SSSR count). The van der Waals surface area contributed by atoms with Crippen LogP contribution in [-0.2, 0) is 0 Å². The third kappa shape index (κ3) is 3.72. The Bertz CT molecular complexity index is 457. The third-order valence-corrected chi connectivity index (χ3v) is 2.63. The number of hydrogen-bond acceptors (Lipinski definition) is 4. The van der Waals surface area contributed by atoms with Crippen LogP contribution in [0, 0.1) is 0 Å². The van der Waals surface area contributed by atoms with E-state index < -0.39 is 12.2 Å². The molecule has 2 atom stereocenters. The number of rotatable bonds is 6. The minimum atomic E-state index is -1.18. The van der Waals surface area contributed by atoms with Crippen LogP contribution >= 0.6 is 11.6 Å². The number of azide groups is 1. The van der Waals surface area contributed by atoms with Crippen LogP contribution in [0.3, 0.4) is 0 Å². The summed E-state index contributed by atoms with van der Waals surface area (Å²) in [7, 11) is 0. The lowest BCUT2D eigenvalue weighted by molar-refractivity contribution is 0.0244. The molecule has 0 radical (unpaired) electrons. The van der Waals surface area contributed by atoms with Crippen LogP contribution < -0.4 is 0 Å². The fourth-order valence-corrected chi connectivity index (χ4v) is 1.54. The van der Waals surface area contributed by atoms with Crippen molar-refractivity contribution in [3.05, 3.63) is 45.8 Å². The van der Waals surface area contributed by atoms with Crippen LogP contribution in [0.15, 0.2) is 29.4 Å². The second kappa shape index (κ2) is 6.98. The first-order chi connectivity index (χ1) is 8.60. The molecule has 0 aliphatic heterocycles. The van der Waals surface area contributed by atoms with Gasteiger partial charge in [0.05, 0.1) is 18.5 Å². The summed E-state index contributed by atoms with van der Waals surface area (Å²) < 4.78 is 0. The summed E-state index contributed by atoms with van der Waals surface area (Å²) in [5, 5.41) is 22.5. The van der Waals surface area contributed by atoms with Gasteiger partial charge in [-0.3, -0.25) is 4.79 Å². The van der Waals surface area contributed by atoms with Gasteiger partial charge < -0.3 is 10.2 Å². The van der Waals surface area contributed by atoms with Crippen molar-refractivity contribution in [1.29, 1.82) is 0 Å². The summed E-state index contributed by atoms with van der Waals surface area (Å²) >= 11 is 5.41. The van der Waals surface area contributed by atoms with E-state index in [9.17, 15) is 15.0 Å². The molecule has 7 heteroatoms. The Morgan fingerprint density at radius 3 is 2.50 bits per heavy atom. The van der Waals surface area contributed by atoms with Crippen molar-refractivity contribution in [1.82, 2.24) is 0 Å². The maximum atomic E-state index is 11.3. The van der Waals surface area contributed by atoms with E-state index in [1.54, 1.807) is 0 Å². The van der Waals surface area contributed by atoms with Gasteiger partial charge in [-0.15, -0.1) is 11.6 Å². The summed E-state index contributed by atoms with van der Waals surface area (Å²) in [4.78, 5) is 13.8. The molecule has 0 amide bonds. The average molecular weight is 270 g/mol. The van der Waals surface area contributed by atoms with Crippen LogP contribution in [0.5, 0.6) is 0 Å². The van der Waals surface area contributed by atoms with Gasteiger partial charge in [0.1, 0.15) is 6.10 Å². The number of alkyl halides is 1. The topological polar surface area (TPSA) is 106 Å². The van der Waals surface area contributed by atoms with Gasteiger partial charge in [0.25, 0.3) is 0 Å². The maximum Gasteiger partial charge on any atom is 0.177 e. The second-order valence-corrected chi connectivity index (χ2v) is 3.87. The fraction of sp³-hybridized carbons (Fsp3) is 0.364. The van der Waals surface area contributed by atoms with Gasteiger partial charge in [-0.05, 0) is 11.1 Å². The molecule has 0 saturated heterocycles. The minimum Gasteiger partial charge on any atom is -0.390 e. The summed E-state index contributed by atoms with van der Waals surface area (Å²) in [6.45, 7) is -0.222. The summed E-state index contributed by atoms with van der Waals surface area (Å²) in [6, 6.07) is 6.07. The van der Waals surface area contributed by atoms with Crippen LogP contribution in [-0.4, -0.2) is 34.5 Å². The average Bonchev–Trinajstić information content (AvgIpc) is 2.43. The predicted octanol–water partition coefficient (Wildman–Crippen LogP) is 1.81. The highest BCUT2D eigenvalue weighted by Crippen LogP contribution is 2.18. The van der Waals surface area contributed by atoms with Crippen molar-refractivity contribution in [2.75, 3.05) is 12.4 Å². The molecule has 0 heterocycles. The van der Waals surface area contributed by atoms with E-state index in [2.05, 4.69) is 10.0 Å². The maximum absolute atomic E-state index is 11.3. The molecule has 0 fully saturated rings. The Balaban J connectivity index is 2.78. The van der Waals surface area contributed by atoms with Gasteiger partial charge in [-0.2, -0.15) is 0 Å². The van der Waals surface area contributed by atoms with Crippen molar-refractivity contribution in [3.63, 3.8) is 0 Å². The quantitative estimate of drug-likeness (QED) is 0.270. The summed E-state index contributed by atoms with van der Waals surface area (Å²) in [5.41, 5.74) is 8.98. The number of benzene rings is 1. The molecule has 1 aromatic rings. The Labute approximate surface area is 108 Å². The fourth-order valence-electron chi connectivity index (χ4n) is 1.39. The molecule has 0 saturated carbocycles. The molecule has 0 bridgehead atoms. The van der Waals surface area contributed by atoms with E-state index in [1.165, 1.54) is 24.3 Å². The number of halogens is 1. The standard InChI is InChI=1S/C11H12ClN3O3/c12-5-9(16)7-1-3-8(4-2-7)11(18)10(17)6-14-15-13/h1-4,10-11,17-18H,5-6H2. The molecular formula is C11H12ClN3O3. The Morgan fingerprint density at radius 2 is 2.00 bits per heavy atom. The molecule has 0 aliphatic carbocycles. The first-order valence-electron chi connectivity index (χ1n) is 5.16. The molecule has 1 aromatic carbocycles. The highest BCUT2D eigenvalue weighted by atomic mass is 35.5. The zero-order valence-corrected chi connectivity index (χ0v) is 10.2. The number of Topliss-reactive ketones (excluding diaryl/α,β-unsaturated/α-hetero) is 1. The highest BCUT2D eigenvalue weighted by molar-refractivity contribution is 6.30. The number of aliphatic hydroxyl groups is 2. The number of carbonyl (C=O) groups is 1. The van der Waals surface area contributed by atoms with Crippen molar-refractivity contribution in [3.8, 4) is 0 Å². The summed E-state index contributed by atoms with van der Waals surface area (Å²) in [6.07, 6.45) is -2.36. The Hall–Kier alpha value is -1.59. The van der Waals surface area contributed by atoms with Crippen LogP contribution in [0.1, 0.15) is 22.0 Å². The summed E-state index contributed by atoms with van der Waals surface area (Å²) in [5.74, 6) is -0.325. The molecule has 6 nitrogen and oxygen atoms in total. The normalized spacial score (nSPS) is 13.5. The van der Waals surface area contributed by atoms with Crippen molar-refractivity contribution >= 4 is 17.4 Å². The number of nitrogens with zero attached hydrogens (tertiary/aromatic N) is 3. The van der Waals surface area contributed by atoms with Gasteiger partial charge >= 0.3 is 0 Å². The lowest BCUT2D eigenvalue weighted by atomic mass is 10.0. The zero-order chi connectivity index (χ0) is 13.5. The molecular weight excluding hydrogens is 258 g/mol. The van der Waals surface area contributed by atoms with Crippen LogP contribution in [0.4, 0.5) is 0 Å². The lowest BCUT2D eigenvalue weighted by Crippen LogP contribution is -2.21. The number of aliphatic hydroxyl groups excluding tert-OH is 2. The van der Waals surface area contributed by atoms with Gasteiger partial charge in [0.15, 0.2) is 5.78 Å². The number of hydrogen-bond donors (Lipinski definition) is 2. The molecule has 18 heavy (non-hydrogen) atoms. The SMILES string of the molecule is [N-]=[N+]=NCC(O)C(O)c1ccc(C(=O)CCl)cc1. The zero-order valence-electron chi connectivity index (χ0n) is 9.40. The molecule has 0 aromatic heterocycles. The van der Waals surface area contributed by atoms with Crippen LogP contribution in [0.2, 0.25) is 0 Å². The number of ketones is 1. The first kappa shape index (κ1) is 14.5. The molecule has 2 unspecified atom stereocenters. The van der Waals surface area contributed by atoms with E-state index in [0.29, 0.717) is 11.1 Å². The van der Waals surface area contributed by atoms with Crippen LogP contribution in [0.25, 0.3) is 10.4 Å². The van der Waals surface area contributed by atoms with Crippen molar-refractivity contribution < 1.29 is 15.0 Å². The monoisotopic (exact) mass is 269 g/mol. The molecule has 0 spiro atoms.